The Morgan fingerprint density at radius 1 is 1.00 bits per heavy atom. The molecule has 2 N–H and O–H groups in total. The van der Waals surface area contributed by atoms with Gasteiger partial charge < -0.3 is 15.4 Å². The van der Waals surface area contributed by atoms with E-state index in [0.717, 1.165) is 12.1 Å². The molecule has 2 aromatic rings. The molecule has 23 heavy (non-hydrogen) atoms. The zero-order valence-electron chi connectivity index (χ0n) is 12.2. The van der Waals surface area contributed by atoms with Crippen LogP contribution in [-0.2, 0) is 4.74 Å². The van der Waals surface area contributed by atoms with E-state index < -0.39 is 29.3 Å². The van der Waals surface area contributed by atoms with E-state index in [2.05, 4.69) is 10.6 Å². The third-order valence-corrected chi connectivity index (χ3v) is 2.87. The molecule has 0 unspecified atom stereocenters. The predicted octanol–water partition coefficient (Wildman–Crippen LogP) is 3.79. The lowest BCUT2D eigenvalue weighted by molar-refractivity contribution is 0.0527. The molecule has 0 fully saturated rings. The maximum atomic E-state index is 13.5. The van der Waals surface area contributed by atoms with Gasteiger partial charge in [-0.3, -0.25) is 0 Å². The first-order valence-electron chi connectivity index (χ1n) is 6.81. The first-order chi connectivity index (χ1) is 11.0. The number of rotatable bonds is 4. The van der Waals surface area contributed by atoms with Crippen molar-refractivity contribution < 1.29 is 23.1 Å². The minimum absolute atomic E-state index is 0.138. The summed E-state index contributed by atoms with van der Waals surface area (Å²) in [6.45, 7) is 1.83. The molecule has 0 saturated carbocycles. The van der Waals surface area contributed by atoms with E-state index in [0.29, 0.717) is 0 Å². The second kappa shape index (κ2) is 7.35. The van der Waals surface area contributed by atoms with Gasteiger partial charge in [-0.15, -0.1) is 0 Å². The highest BCUT2D eigenvalue weighted by molar-refractivity contribution is 6.05. The van der Waals surface area contributed by atoms with E-state index in [4.69, 9.17) is 4.74 Å². The Bertz CT molecular complexity index is 715. The molecule has 7 heteroatoms. The summed E-state index contributed by atoms with van der Waals surface area (Å²) in [5.41, 5.74) is -0.266. The van der Waals surface area contributed by atoms with E-state index in [1.165, 1.54) is 18.2 Å². The Labute approximate surface area is 131 Å². The van der Waals surface area contributed by atoms with Gasteiger partial charge in [0.05, 0.1) is 17.9 Å². The van der Waals surface area contributed by atoms with E-state index in [-0.39, 0.29) is 17.9 Å². The number of halogens is 2. The quantitative estimate of drug-likeness (QED) is 0.842. The number of benzene rings is 2. The Morgan fingerprint density at radius 3 is 2.30 bits per heavy atom. The minimum Gasteiger partial charge on any atom is -0.462 e. The number of nitrogens with one attached hydrogen (secondary N) is 2. The van der Waals surface area contributed by atoms with Gasteiger partial charge in [0.2, 0.25) is 0 Å². The fourth-order valence-electron chi connectivity index (χ4n) is 1.86. The first kappa shape index (κ1) is 16.4. The van der Waals surface area contributed by atoms with Crippen molar-refractivity contribution in [1.29, 1.82) is 0 Å². The number of anilines is 2. The largest absolute Gasteiger partial charge is 0.462 e. The molecule has 2 aromatic carbocycles. The van der Waals surface area contributed by atoms with E-state index in [1.807, 2.05) is 0 Å². The van der Waals surface area contributed by atoms with Crippen molar-refractivity contribution in [1.82, 2.24) is 0 Å². The van der Waals surface area contributed by atoms with Crippen LogP contribution in [0, 0.1) is 11.6 Å². The van der Waals surface area contributed by atoms with Crippen molar-refractivity contribution in [3.05, 3.63) is 59.7 Å². The van der Waals surface area contributed by atoms with Crippen molar-refractivity contribution in [3.63, 3.8) is 0 Å². The van der Waals surface area contributed by atoms with Crippen LogP contribution in [0.15, 0.2) is 42.5 Å². The number of carbonyl (C=O) groups is 2. The van der Waals surface area contributed by atoms with E-state index >= 15 is 0 Å². The molecule has 0 heterocycles. The van der Waals surface area contributed by atoms with Crippen molar-refractivity contribution in [2.75, 3.05) is 17.2 Å². The molecule has 0 bridgehead atoms. The summed E-state index contributed by atoms with van der Waals surface area (Å²) in [6.07, 6.45) is 0. The summed E-state index contributed by atoms with van der Waals surface area (Å²) >= 11 is 0. The fourth-order valence-corrected chi connectivity index (χ4v) is 1.86. The van der Waals surface area contributed by atoms with Gasteiger partial charge in [0, 0.05) is 0 Å². The summed E-state index contributed by atoms with van der Waals surface area (Å²) in [4.78, 5) is 23.7. The zero-order chi connectivity index (χ0) is 16.8. The molecule has 120 valence electrons. The van der Waals surface area contributed by atoms with Crippen LogP contribution in [0.2, 0.25) is 0 Å². The molecule has 0 aliphatic heterocycles. The molecular formula is C16H14F2N2O3. The van der Waals surface area contributed by atoms with Crippen LogP contribution in [0.5, 0.6) is 0 Å². The molecule has 2 amide bonds. The number of urea groups is 1. The first-order valence-corrected chi connectivity index (χ1v) is 6.81. The number of esters is 1. The molecule has 0 radical (unpaired) electrons. The Hall–Kier alpha value is -2.96. The highest BCUT2D eigenvalue weighted by Crippen LogP contribution is 2.20. The second-order valence-electron chi connectivity index (χ2n) is 4.44. The predicted molar refractivity (Wildman–Crippen MR) is 81.4 cm³/mol. The van der Waals surface area contributed by atoms with Gasteiger partial charge in [0.25, 0.3) is 0 Å². The SMILES string of the molecule is CCOC(=O)c1ccccc1NC(=O)Nc1c(F)cccc1F. The number of amides is 2. The maximum Gasteiger partial charge on any atom is 0.340 e. The van der Waals surface area contributed by atoms with Gasteiger partial charge in [-0.05, 0) is 31.2 Å². The molecule has 0 aliphatic rings. The topological polar surface area (TPSA) is 67.4 Å². The summed E-state index contributed by atoms with van der Waals surface area (Å²) in [5, 5.41) is 4.44. The van der Waals surface area contributed by atoms with Gasteiger partial charge in [-0.2, -0.15) is 0 Å². The number of hydrogen-bond donors (Lipinski definition) is 2. The molecule has 0 atom stereocenters. The summed E-state index contributed by atoms with van der Waals surface area (Å²) in [5.74, 6) is -2.42. The Kier molecular flexibility index (Phi) is 5.24. The van der Waals surface area contributed by atoms with Crippen LogP contribution < -0.4 is 10.6 Å². The smallest absolute Gasteiger partial charge is 0.340 e. The molecular weight excluding hydrogens is 306 g/mol. The van der Waals surface area contributed by atoms with E-state index in [1.54, 1.807) is 19.1 Å². The average Bonchev–Trinajstić information content (AvgIpc) is 2.52. The van der Waals surface area contributed by atoms with Crippen LogP contribution in [0.3, 0.4) is 0 Å². The molecule has 2 rings (SSSR count). The Morgan fingerprint density at radius 2 is 1.65 bits per heavy atom. The fraction of sp³-hybridized carbons (Fsp3) is 0.125. The molecule has 0 saturated heterocycles. The van der Waals surface area contributed by atoms with Crippen molar-refractivity contribution >= 4 is 23.4 Å². The molecule has 0 spiro atoms. The highest BCUT2D eigenvalue weighted by atomic mass is 19.1. The normalized spacial score (nSPS) is 10.0. The van der Waals surface area contributed by atoms with Gasteiger partial charge in [0.15, 0.2) is 0 Å². The number of ether oxygens (including phenoxy) is 1. The van der Waals surface area contributed by atoms with Gasteiger partial charge in [-0.1, -0.05) is 18.2 Å². The third kappa shape index (κ3) is 4.03. The molecule has 5 nitrogen and oxygen atoms in total. The van der Waals surface area contributed by atoms with Crippen molar-refractivity contribution in [3.8, 4) is 0 Å². The third-order valence-electron chi connectivity index (χ3n) is 2.87. The Balaban J connectivity index is 2.16. The van der Waals surface area contributed by atoms with Crippen molar-refractivity contribution in [2.45, 2.75) is 6.92 Å². The minimum atomic E-state index is -0.904. The lowest BCUT2D eigenvalue weighted by atomic mass is 10.2. The zero-order valence-corrected chi connectivity index (χ0v) is 12.2. The van der Waals surface area contributed by atoms with Crippen LogP contribution in [0.1, 0.15) is 17.3 Å². The molecule has 0 aromatic heterocycles. The summed E-state index contributed by atoms with van der Waals surface area (Å²) in [6, 6.07) is 8.49. The summed E-state index contributed by atoms with van der Waals surface area (Å²) < 4.78 is 31.9. The number of para-hydroxylation sites is 2. The standard InChI is InChI=1S/C16H14F2N2O3/c1-2-23-15(21)10-6-3-4-9-13(10)19-16(22)20-14-11(17)7-5-8-12(14)18/h3-9H,2H2,1H3,(H2,19,20,22). The van der Waals surface area contributed by atoms with Gasteiger partial charge >= 0.3 is 12.0 Å². The van der Waals surface area contributed by atoms with Crippen LogP contribution in [-0.4, -0.2) is 18.6 Å². The van der Waals surface area contributed by atoms with Crippen LogP contribution in [0.25, 0.3) is 0 Å². The number of hydrogen-bond acceptors (Lipinski definition) is 3. The van der Waals surface area contributed by atoms with Crippen molar-refractivity contribution in [2.24, 2.45) is 0 Å². The highest BCUT2D eigenvalue weighted by Gasteiger charge is 2.16. The number of carbonyl (C=O) groups excluding carboxylic acids is 2. The maximum absolute atomic E-state index is 13.5. The lowest BCUT2D eigenvalue weighted by Crippen LogP contribution is -2.22. The second-order valence-corrected chi connectivity index (χ2v) is 4.44. The summed E-state index contributed by atoms with van der Waals surface area (Å²) in [7, 11) is 0. The lowest BCUT2D eigenvalue weighted by Gasteiger charge is -2.12. The van der Waals surface area contributed by atoms with E-state index in [9.17, 15) is 18.4 Å². The molecule has 0 aliphatic carbocycles. The van der Waals surface area contributed by atoms with Gasteiger partial charge in [0.1, 0.15) is 17.3 Å². The average molecular weight is 320 g/mol. The van der Waals surface area contributed by atoms with Crippen LogP contribution in [0.4, 0.5) is 25.0 Å². The van der Waals surface area contributed by atoms with Crippen LogP contribution >= 0.6 is 0 Å². The monoisotopic (exact) mass is 320 g/mol. The van der Waals surface area contributed by atoms with Gasteiger partial charge in [-0.25, -0.2) is 18.4 Å².